The van der Waals surface area contributed by atoms with Gasteiger partial charge in [0.1, 0.15) is 5.41 Å². The standard InChI is InChI=1S/C13H15N3O3/c1-16-7-15-9-4-8(2-3-10(9)16)11(14)13(12(17)18)5-19-6-13/h2-4,7,11H,5-6,14H2,1H3,(H,17,18). The summed E-state index contributed by atoms with van der Waals surface area (Å²) in [6.07, 6.45) is 1.72. The van der Waals surface area contributed by atoms with Crippen LogP contribution in [0.2, 0.25) is 0 Å². The molecule has 1 fully saturated rings. The number of hydrogen-bond donors (Lipinski definition) is 2. The lowest BCUT2D eigenvalue weighted by Gasteiger charge is -2.41. The van der Waals surface area contributed by atoms with Crippen molar-refractivity contribution in [1.29, 1.82) is 0 Å². The van der Waals surface area contributed by atoms with Gasteiger partial charge in [-0.05, 0) is 17.7 Å². The van der Waals surface area contributed by atoms with E-state index >= 15 is 0 Å². The second-order valence-corrected chi connectivity index (χ2v) is 5.04. The maximum Gasteiger partial charge on any atom is 0.316 e. The van der Waals surface area contributed by atoms with Gasteiger partial charge in [-0.3, -0.25) is 4.79 Å². The van der Waals surface area contributed by atoms with E-state index in [1.807, 2.05) is 29.8 Å². The van der Waals surface area contributed by atoms with Crippen LogP contribution in [0, 0.1) is 5.41 Å². The Balaban J connectivity index is 2.01. The van der Waals surface area contributed by atoms with Gasteiger partial charge in [0, 0.05) is 7.05 Å². The van der Waals surface area contributed by atoms with Crippen molar-refractivity contribution in [2.45, 2.75) is 6.04 Å². The van der Waals surface area contributed by atoms with Crippen molar-refractivity contribution < 1.29 is 14.6 Å². The van der Waals surface area contributed by atoms with Crippen molar-refractivity contribution >= 4 is 17.0 Å². The first kappa shape index (κ1) is 12.1. The summed E-state index contributed by atoms with van der Waals surface area (Å²) in [6.45, 7) is 0.313. The number of fused-ring (bicyclic) bond motifs is 1. The molecule has 1 aromatic carbocycles. The normalized spacial score (nSPS) is 19.1. The van der Waals surface area contributed by atoms with Crippen molar-refractivity contribution in [3.8, 4) is 0 Å². The first-order valence-corrected chi connectivity index (χ1v) is 6.02. The zero-order valence-corrected chi connectivity index (χ0v) is 10.5. The van der Waals surface area contributed by atoms with Crippen molar-refractivity contribution in [2.24, 2.45) is 18.2 Å². The molecule has 1 atom stereocenters. The Hall–Kier alpha value is -1.92. The molecule has 1 unspecified atom stereocenters. The number of carboxylic acids is 1. The van der Waals surface area contributed by atoms with Gasteiger partial charge in [-0.25, -0.2) is 4.98 Å². The summed E-state index contributed by atoms with van der Waals surface area (Å²) in [6, 6.07) is 5.03. The predicted molar refractivity (Wildman–Crippen MR) is 68.5 cm³/mol. The number of aryl methyl sites for hydroxylation is 1. The van der Waals surface area contributed by atoms with Crippen LogP contribution in [0.3, 0.4) is 0 Å². The van der Waals surface area contributed by atoms with E-state index in [2.05, 4.69) is 4.98 Å². The number of nitrogens with zero attached hydrogens (tertiary/aromatic N) is 2. The molecule has 1 aromatic heterocycles. The molecule has 0 saturated carbocycles. The molecule has 6 nitrogen and oxygen atoms in total. The van der Waals surface area contributed by atoms with Crippen molar-refractivity contribution in [1.82, 2.24) is 9.55 Å². The van der Waals surface area contributed by atoms with Gasteiger partial charge in [0.2, 0.25) is 0 Å². The largest absolute Gasteiger partial charge is 0.481 e. The Morgan fingerprint density at radius 2 is 2.32 bits per heavy atom. The SMILES string of the molecule is Cn1cnc2cc(C(N)C3(C(=O)O)COC3)ccc21. The number of hydrogen-bond acceptors (Lipinski definition) is 4. The molecule has 3 rings (SSSR count). The average molecular weight is 261 g/mol. The summed E-state index contributed by atoms with van der Waals surface area (Å²) in [5, 5.41) is 9.35. The number of aliphatic carboxylic acids is 1. The van der Waals surface area contributed by atoms with E-state index < -0.39 is 17.4 Å². The molecule has 0 aliphatic carbocycles. The predicted octanol–water partition coefficient (Wildman–Crippen LogP) is 0.674. The third kappa shape index (κ3) is 1.64. The Morgan fingerprint density at radius 3 is 2.89 bits per heavy atom. The van der Waals surface area contributed by atoms with Gasteiger partial charge in [0.15, 0.2) is 0 Å². The lowest BCUT2D eigenvalue weighted by atomic mass is 9.75. The van der Waals surface area contributed by atoms with Crippen LogP contribution in [0.15, 0.2) is 24.5 Å². The number of aromatic nitrogens is 2. The molecule has 0 radical (unpaired) electrons. The molecule has 0 amide bonds. The van der Waals surface area contributed by atoms with E-state index in [9.17, 15) is 9.90 Å². The fourth-order valence-corrected chi connectivity index (χ4v) is 2.42. The van der Waals surface area contributed by atoms with Gasteiger partial charge in [-0.15, -0.1) is 0 Å². The molecule has 1 aliphatic heterocycles. The average Bonchev–Trinajstić information content (AvgIpc) is 2.68. The van der Waals surface area contributed by atoms with E-state index in [1.54, 1.807) is 6.33 Å². The maximum absolute atomic E-state index is 11.4. The number of nitrogens with two attached hydrogens (primary N) is 1. The van der Waals surface area contributed by atoms with Crippen molar-refractivity contribution in [3.63, 3.8) is 0 Å². The number of rotatable bonds is 3. The highest BCUT2D eigenvalue weighted by Gasteiger charge is 2.51. The molecule has 2 heterocycles. The molecule has 3 N–H and O–H groups in total. The molecule has 0 bridgehead atoms. The minimum Gasteiger partial charge on any atom is -0.481 e. The van der Waals surface area contributed by atoms with Crippen LogP contribution in [0.1, 0.15) is 11.6 Å². The fourth-order valence-electron chi connectivity index (χ4n) is 2.42. The van der Waals surface area contributed by atoms with Gasteiger partial charge >= 0.3 is 5.97 Å². The second-order valence-electron chi connectivity index (χ2n) is 5.04. The minimum atomic E-state index is -1.01. The van der Waals surface area contributed by atoms with Crippen LogP contribution in [0.5, 0.6) is 0 Å². The molecular formula is C13H15N3O3. The van der Waals surface area contributed by atoms with Gasteiger partial charge < -0.3 is 20.1 Å². The molecule has 100 valence electrons. The minimum absolute atomic E-state index is 0.157. The van der Waals surface area contributed by atoms with Crippen LogP contribution < -0.4 is 5.73 Å². The summed E-state index contributed by atoms with van der Waals surface area (Å²) in [4.78, 5) is 15.7. The first-order chi connectivity index (χ1) is 9.04. The molecule has 2 aromatic rings. The Labute approximate surface area is 109 Å². The van der Waals surface area contributed by atoms with E-state index in [1.165, 1.54) is 0 Å². The highest BCUT2D eigenvalue weighted by atomic mass is 16.5. The molecule has 1 saturated heterocycles. The quantitative estimate of drug-likeness (QED) is 0.847. The van der Waals surface area contributed by atoms with Crippen LogP contribution in [0.4, 0.5) is 0 Å². The molecule has 19 heavy (non-hydrogen) atoms. The summed E-state index contributed by atoms with van der Waals surface area (Å²) in [5.74, 6) is -0.910. The third-order valence-electron chi connectivity index (χ3n) is 3.85. The van der Waals surface area contributed by atoms with E-state index in [0.29, 0.717) is 0 Å². The number of ether oxygens (including phenoxy) is 1. The first-order valence-electron chi connectivity index (χ1n) is 6.02. The molecule has 6 heteroatoms. The van der Waals surface area contributed by atoms with Gasteiger partial charge in [-0.1, -0.05) is 6.07 Å². The van der Waals surface area contributed by atoms with Crippen LogP contribution in [-0.2, 0) is 16.6 Å². The third-order valence-corrected chi connectivity index (χ3v) is 3.85. The number of carbonyl (C=O) groups is 1. The number of carboxylic acid groups (broad SMARTS) is 1. The van der Waals surface area contributed by atoms with E-state index in [-0.39, 0.29) is 13.2 Å². The zero-order chi connectivity index (χ0) is 13.6. The summed E-state index contributed by atoms with van der Waals surface area (Å²) in [7, 11) is 1.91. The zero-order valence-electron chi connectivity index (χ0n) is 10.5. The Kier molecular flexibility index (Phi) is 2.58. The van der Waals surface area contributed by atoms with Crippen LogP contribution in [-0.4, -0.2) is 33.8 Å². The summed E-state index contributed by atoms with van der Waals surface area (Å²) >= 11 is 0. The molecule has 0 spiro atoms. The second kappa shape index (κ2) is 4.04. The van der Waals surface area contributed by atoms with E-state index in [0.717, 1.165) is 16.6 Å². The maximum atomic E-state index is 11.4. The molecular weight excluding hydrogens is 246 g/mol. The van der Waals surface area contributed by atoms with Gasteiger partial charge in [0.25, 0.3) is 0 Å². The highest BCUT2D eigenvalue weighted by Crippen LogP contribution is 2.39. The fraction of sp³-hybridized carbons (Fsp3) is 0.385. The number of imidazole rings is 1. The van der Waals surface area contributed by atoms with E-state index in [4.69, 9.17) is 10.5 Å². The lowest BCUT2D eigenvalue weighted by molar-refractivity contribution is -0.184. The Morgan fingerprint density at radius 1 is 1.58 bits per heavy atom. The number of benzene rings is 1. The van der Waals surface area contributed by atoms with Gasteiger partial charge in [0.05, 0.1) is 36.6 Å². The highest BCUT2D eigenvalue weighted by molar-refractivity contribution is 5.79. The van der Waals surface area contributed by atoms with Crippen LogP contribution >= 0.6 is 0 Å². The van der Waals surface area contributed by atoms with Crippen LogP contribution in [0.25, 0.3) is 11.0 Å². The summed E-state index contributed by atoms with van der Waals surface area (Å²) in [5.41, 5.74) is 7.71. The van der Waals surface area contributed by atoms with Crippen molar-refractivity contribution in [3.05, 3.63) is 30.1 Å². The molecule has 1 aliphatic rings. The monoisotopic (exact) mass is 261 g/mol. The smallest absolute Gasteiger partial charge is 0.316 e. The van der Waals surface area contributed by atoms with Crippen molar-refractivity contribution in [2.75, 3.05) is 13.2 Å². The Bertz CT molecular complexity index is 646. The summed E-state index contributed by atoms with van der Waals surface area (Å²) < 4.78 is 6.96. The lowest BCUT2D eigenvalue weighted by Crippen LogP contribution is -2.55. The topological polar surface area (TPSA) is 90.4 Å². The van der Waals surface area contributed by atoms with Gasteiger partial charge in [-0.2, -0.15) is 0 Å².